The zero-order valence-electron chi connectivity index (χ0n) is 12.1. The molecule has 0 N–H and O–H groups in total. The molecule has 1 aromatic carbocycles. The number of Topliss-reactive ketones (excluding diaryl/α,β-unsaturated/α-hetero) is 1. The summed E-state index contributed by atoms with van der Waals surface area (Å²) in [4.78, 5) is 25.5. The fraction of sp³-hybridized carbons (Fsp3) is 0.467. The van der Waals surface area contributed by atoms with E-state index in [0.29, 0.717) is 26.3 Å². The van der Waals surface area contributed by atoms with Gasteiger partial charge in [0.25, 0.3) is 5.78 Å². The quantitative estimate of drug-likeness (QED) is 0.311. The first-order valence-electron chi connectivity index (χ1n) is 6.98. The third-order valence-corrected chi connectivity index (χ3v) is 3.84. The van der Waals surface area contributed by atoms with Crippen molar-refractivity contribution >= 4 is 34.3 Å². The molecule has 0 unspecified atom stereocenters. The zero-order chi connectivity index (χ0) is 15.8. The molecule has 22 heavy (non-hydrogen) atoms. The first-order chi connectivity index (χ1) is 10.6. The van der Waals surface area contributed by atoms with E-state index in [4.69, 9.17) is 14.2 Å². The Hall–Kier alpha value is -1.03. The second-order valence-corrected chi connectivity index (χ2v) is 5.79. The van der Waals surface area contributed by atoms with E-state index in [1.807, 2.05) is 35.2 Å². The topological polar surface area (TPSA) is 65.1 Å². The lowest BCUT2D eigenvalue weighted by Gasteiger charge is -2.25. The Morgan fingerprint density at radius 3 is 2.45 bits per heavy atom. The van der Waals surface area contributed by atoms with Crippen molar-refractivity contribution in [3.63, 3.8) is 0 Å². The van der Waals surface area contributed by atoms with Gasteiger partial charge in [0.2, 0.25) is 4.30 Å². The normalized spacial score (nSPS) is 17.5. The molecule has 0 atom stereocenters. The monoisotopic (exact) mass is 419 g/mol. The van der Waals surface area contributed by atoms with Gasteiger partial charge in [0.05, 0.1) is 19.8 Å². The summed E-state index contributed by atoms with van der Waals surface area (Å²) in [5, 5.41) is 0. The van der Waals surface area contributed by atoms with Gasteiger partial charge in [0, 0.05) is 13.1 Å². The Morgan fingerprint density at radius 2 is 1.82 bits per heavy atom. The van der Waals surface area contributed by atoms with E-state index in [1.54, 1.807) is 0 Å². The van der Waals surface area contributed by atoms with Crippen LogP contribution in [0.25, 0.3) is 0 Å². The summed E-state index contributed by atoms with van der Waals surface area (Å²) < 4.78 is 15.5. The van der Waals surface area contributed by atoms with Gasteiger partial charge in [-0.25, -0.2) is 4.79 Å². The number of nitrogens with zero attached hydrogens (tertiary/aromatic N) is 1. The van der Waals surface area contributed by atoms with Crippen molar-refractivity contribution in [3.05, 3.63) is 35.9 Å². The van der Waals surface area contributed by atoms with E-state index in [2.05, 4.69) is 22.6 Å². The molecule has 6 nitrogen and oxygen atoms in total. The average Bonchev–Trinajstić information content (AvgIpc) is 2.51. The van der Waals surface area contributed by atoms with Gasteiger partial charge < -0.3 is 14.2 Å². The Bertz CT molecular complexity index is 486. The van der Waals surface area contributed by atoms with Gasteiger partial charge in [0.1, 0.15) is 6.61 Å². The number of benzene rings is 1. The van der Waals surface area contributed by atoms with E-state index in [0.717, 1.165) is 5.56 Å². The van der Waals surface area contributed by atoms with Crippen LogP contribution in [0.15, 0.2) is 30.3 Å². The number of rotatable bonds is 5. The number of carbonyl (C=O) groups is 2. The Morgan fingerprint density at radius 1 is 1.18 bits per heavy atom. The molecule has 2 rings (SSSR count). The van der Waals surface area contributed by atoms with Crippen molar-refractivity contribution < 1.29 is 23.8 Å². The number of hydrogen-bond acceptors (Lipinski definition) is 6. The van der Waals surface area contributed by atoms with Crippen molar-refractivity contribution in [3.8, 4) is 0 Å². The molecule has 1 heterocycles. The average molecular weight is 419 g/mol. The molecule has 1 aliphatic heterocycles. The summed E-state index contributed by atoms with van der Waals surface area (Å²) >= 11 is 2.05. The molecule has 1 aromatic rings. The van der Waals surface area contributed by atoms with Gasteiger partial charge in [-0.15, -0.1) is 0 Å². The van der Waals surface area contributed by atoms with Gasteiger partial charge >= 0.3 is 5.97 Å². The molecule has 0 amide bonds. The molecule has 1 aliphatic rings. The van der Waals surface area contributed by atoms with E-state index in [-0.39, 0.29) is 17.4 Å². The number of halogens is 1. The van der Waals surface area contributed by atoms with Gasteiger partial charge in [-0.2, -0.15) is 0 Å². The highest BCUT2D eigenvalue weighted by Crippen LogP contribution is 2.08. The third kappa shape index (κ3) is 5.99. The fourth-order valence-corrected chi connectivity index (χ4v) is 2.45. The highest BCUT2D eigenvalue weighted by molar-refractivity contribution is 14.1. The molecule has 7 heteroatoms. The van der Waals surface area contributed by atoms with Crippen LogP contribution in [0.4, 0.5) is 0 Å². The molecule has 0 aromatic heterocycles. The second-order valence-electron chi connectivity index (χ2n) is 4.78. The summed E-state index contributed by atoms with van der Waals surface area (Å²) in [6.07, 6.45) is 0. The van der Waals surface area contributed by atoms with Crippen LogP contribution in [0.5, 0.6) is 0 Å². The van der Waals surface area contributed by atoms with Crippen molar-refractivity contribution in [2.45, 2.75) is 10.9 Å². The van der Waals surface area contributed by atoms with Crippen molar-refractivity contribution in [2.24, 2.45) is 0 Å². The Kier molecular flexibility index (Phi) is 7.23. The summed E-state index contributed by atoms with van der Waals surface area (Å²) in [6.45, 7) is 2.21. The standard InChI is InChI=1S/C15H18INO5/c16-15-20-8-6-17(7-9-21-15)10-13(18)14(19)22-11-12-4-2-1-3-5-12/h1-5,15H,6-11H2. The Labute approximate surface area is 142 Å². The lowest BCUT2D eigenvalue weighted by Crippen LogP contribution is -2.40. The van der Waals surface area contributed by atoms with Crippen LogP contribution in [0.1, 0.15) is 5.56 Å². The molecule has 120 valence electrons. The van der Waals surface area contributed by atoms with Gasteiger partial charge in [-0.3, -0.25) is 9.69 Å². The minimum atomic E-state index is -0.806. The molecular formula is C15H18INO5. The van der Waals surface area contributed by atoms with E-state index < -0.39 is 11.8 Å². The highest BCUT2D eigenvalue weighted by atomic mass is 127. The maximum atomic E-state index is 11.9. The van der Waals surface area contributed by atoms with Crippen LogP contribution < -0.4 is 0 Å². The first-order valence-corrected chi connectivity index (χ1v) is 8.23. The van der Waals surface area contributed by atoms with Crippen LogP contribution in [0, 0.1) is 0 Å². The molecule has 0 spiro atoms. The molecule has 1 saturated heterocycles. The van der Waals surface area contributed by atoms with Gasteiger partial charge in [-0.05, 0) is 28.2 Å². The van der Waals surface area contributed by atoms with Gasteiger partial charge in [-0.1, -0.05) is 30.3 Å². The van der Waals surface area contributed by atoms with Crippen molar-refractivity contribution in [1.82, 2.24) is 4.90 Å². The van der Waals surface area contributed by atoms with E-state index >= 15 is 0 Å². The largest absolute Gasteiger partial charge is 0.455 e. The number of esters is 1. The predicted molar refractivity (Wildman–Crippen MR) is 87.4 cm³/mol. The van der Waals surface area contributed by atoms with E-state index in [9.17, 15) is 9.59 Å². The number of ether oxygens (including phenoxy) is 3. The maximum absolute atomic E-state index is 11.9. The third-order valence-electron chi connectivity index (χ3n) is 3.12. The lowest BCUT2D eigenvalue weighted by atomic mass is 10.2. The summed E-state index contributed by atoms with van der Waals surface area (Å²) in [7, 11) is 0. The van der Waals surface area contributed by atoms with Crippen LogP contribution in [-0.2, 0) is 30.4 Å². The van der Waals surface area contributed by atoms with Crippen molar-refractivity contribution in [1.29, 1.82) is 0 Å². The molecular weight excluding hydrogens is 401 g/mol. The number of ketones is 1. The molecule has 0 bridgehead atoms. The molecule has 1 fully saturated rings. The SMILES string of the molecule is O=C(CN1CCOC(I)OCC1)C(=O)OCc1ccccc1. The minimum Gasteiger partial charge on any atom is -0.455 e. The zero-order valence-corrected chi connectivity index (χ0v) is 14.2. The summed E-state index contributed by atoms with van der Waals surface area (Å²) in [6, 6.07) is 9.26. The predicted octanol–water partition coefficient (Wildman–Crippen LogP) is 1.37. The van der Waals surface area contributed by atoms with Crippen LogP contribution >= 0.6 is 22.6 Å². The van der Waals surface area contributed by atoms with Crippen LogP contribution in [0.3, 0.4) is 0 Å². The van der Waals surface area contributed by atoms with Crippen molar-refractivity contribution in [2.75, 3.05) is 32.8 Å². The second kappa shape index (κ2) is 9.19. The number of carbonyl (C=O) groups excluding carboxylic acids is 2. The minimum absolute atomic E-state index is 0.0201. The van der Waals surface area contributed by atoms with Gasteiger partial charge in [0.15, 0.2) is 0 Å². The smallest absolute Gasteiger partial charge is 0.376 e. The number of alkyl halides is 1. The highest BCUT2D eigenvalue weighted by Gasteiger charge is 2.21. The first kappa shape index (κ1) is 17.3. The van der Waals surface area contributed by atoms with E-state index in [1.165, 1.54) is 0 Å². The van der Waals surface area contributed by atoms with Crippen LogP contribution in [0.2, 0.25) is 0 Å². The molecule has 0 saturated carbocycles. The fourth-order valence-electron chi connectivity index (χ4n) is 1.94. The van der Waals surface area contributed by atoms with Crippen LogP contribution in [-0.4, -0.2) is 53.8 Å². The maximum Gasteiger partial charge on any atom is 0.376 e. The lowest BCUT2D eigenvalue weighted by molar-refractivity contribution is -0.156. The number of hydrogen-bond donors (Lipinski definition) is 0. The summed E-state index contributed by atoms with van der Waals surface area (Å²) in [5.41, 5.74) is 0.852. The molecule has 0 aliphatic carbocycles. The molecule has 0 radical (unpaired) electrons. The summed E-state index contributed by atoms with van der Waals surface area (Å²) in [5.74, 6) is -1.36. The Balaban J connectivity index is 1.74.